The van der Waals surface area contributed by atoms with Crippen LogP contribution in [0, 0.1) is 5.41 Å². The highest BCUT2D eigenvalue weighted by Crippen LogP contribution is 2.28. The highest BCUT2D eigenvalue weighted by Gasteiger charge is 2.36. The highest BCUT2D eigenvalue weighted by molar-refractivity contribution is 5.80. The van der Waals surface area contributed by atoms with Crippen molar-refractivity contribution < 1.29 is 9.53 Å². The summed E-state index contributed by atoms with van der Waals surface area (Å²) in [6, 6.07) is 0.180. The van der Waals surface area contributed by atoms with Crippen molar-refractivity contribution in [1.29, 1.82) is 0 Å². The zero-order valence-corrected chi connectivity index (χ0v) is 10.8. The van der Waals surface area contributed by atoms with E-state index in [-0.39, 0.29) is 23.5 Å². The molecule has 1 aliphatic heterocycles. The van der Waals surface area contributed by atoms with Crippen molar-refractivity contribution in [2.75, 3.05) is 19.7 Å². The number of nitrogens with two attached hydrogens (primary N) is 1. The molecule has 94 valence electrons. The molecule has 0 saturated carbocycles. The van der Waals surface area contributed by atoms with Crippen LogP contribution in [-0.2, 0) is 9.53 Å². The predicted octanol–water partition coefficient (Wildman–Crippen LogP) is 0.997. The van der Waals surface area contributed by atoms with Crippen LogP contribution < -0.4 is 5.73 Å². The van der Waals surface area contributed by atoms with Gasteiger partial charge in [0.15, 0.2) is 0 Å². The number of likely N-dealkylation sites (tertiary alicyclic amines) is 1. The van der Waals surface area contributed by atoms with E-state index in [1.807, 2.05) is 18.7 Å². The lowest BCUT2D eigenvalue weighted by atomic mass is 9.79. The number of hydrogen-bond donors (Lipinski definition) is 1. The molecule has 1 heterocycles. The fraction of sp³-hybridized carbons (Fsp3) is 0.917. The quantitative estimate of drug-likeness (QED) is 0.784. The second-order valence-corrected chi connectivity index (χ2v) is 5.24. The van der Waals surface area contributed by atoms with E-state index >= 15 is 0 Å². The van der Waals surface area contributed by atoms with Crippen LogP contribution in [0.1, 0.15) is 34.1 Å². The van der Waals surface area contributed by atoms with Crippen LogP contribution in [0.3, 0.4) is 0 Å². The first-order valence-electron chi connectivity index (χ1n) is 6.04. The molecule has 1 fully saturated rings. The molecule has 0 spiro atoms. The Balaban J connectivity index is 2.59. The summed E-state index contributed by atoms with van der Waals surface area (Å²) in [7, 11) is 0. The van der Waals surface area contributed by atoms with Crippen LogP contribution in [0.4, 0.5) is 0 Å². The lowest BCUT2D eigenvalue weighted by molar-refractivity contribution is -0.145. The standard InChI is InChI=1S/C12H24N2O2/c1-5-16-9(2)11(15)14-7-6-10(13)12(3,4)8-14/h9-10H,5-8,13H2,1-4H3. The molecule has 0 aromatic heterocycles. The Bertz CT molecular complexity index is 253. The van der Waals surface area contributed by atoms with E-state index in [1.165, 1.54) is 0 Å². The number of carbonyl (C=O) groups excluding carboxylic acids is 1. The van der Waals surface area contributed by atoms with Gasteiger partial charge in [0.25, 0.3) is 5.91 Å². The second-order valence-electron chi connectivity index (χ2n) is 5.24. The molecule has 1 aliphatic rings. The van der Waals surface area contributed by atoms with Crippen LogP contribution in [-0.4, -0.2) is 42.6 Å². The Labute approximate surface area is 98.1 Å². The molecular formula is C12H24N2O2. The number of hydrogen-bond acceptors (Lipinski definition) is 3. The number of carbonyl (C=O) groups is 1. The summed E-state index contributed by atoms with van der Waals surface area (Å²) in [4.78, 5) is 13.9. The van der Waals surface area contributed by atoms with Crippen molar-refractivity contribution in [2.24, 2.45) is 11.1 Å². The summed E-state index contributed by atoms with van der Waals surface area (Å²) in [5, 5.41) is 0. The summed E-state index contributed by atoms with van der Waals surface area (Å²) in [5.41, 5.74) is 6.04. The van der Waals surface area contributed by atoms with Gasteiger partial charge < -0.3 is 15.4 Å². The van der Waals surface area contributed by atoms with Crippen LogP contribution in [0.15, 0.2) is 0 Å². The first-order chi connectivity index (χ1) is 7.38. The molecule has 2 N–H and O–H groups in total. The SMILES string of the molecule is CCOC(C)C(=O)N1CCC(N)C(C)(C)C1. The molecule has 0 aromatic rings. The molecule has 0 radical (unpaired) electrons. The molecular weight excluding hydrogens is 204 g/mol. The van der Waals surface area contributed by atoms with Gasteiger partial charge in [-0.3, -0.25) is 4.79 Å². The van der Waals surface area contributed by atoms with E-state index in [2.05, 4.69) is 13.8 Å². The summed E-state index contributed by atoms with van der Waals surface area (Å²) in [6.45, 7) is 9.99. The molecule has 0 aliphatic carbocycles. The maximum atomic E-state index is 12.0. The summed E-state index contributed by atoms with van der Waals surface area (Å²) in [6.07, 6.45) is 0.535. The normalized spacial score (nSPS) is 26.6. The average molecular weight is 228 g/mol. The van der Waals surface area contributed by atoms with Crippen LogP contribution in [0.2, 0.25) is 0 Å². The molecule has 0 aromatic carbocycles. The lowest BCUT2D eigenvalue weighted by Crippen LogP contribution is -2.55. The van der Waals surface area contributed by atoms with E-state index in [0.29, 0.717) is 6.61 Å². The molecule has 1 saturated heterocycles. The average Bonchev–Trinajstić information content (AvgIpc) is 2.21. The number of piperidine rings is 1. The largest absolute Gasteiger partial charge is 0.369 e. The summed E-state index contributed by atoms with van der Waals surface area (Å²) < 4.78 is 5.33. The van der Waals surface area contributed by atoms with Crippen LogP contribution >= 0.6 is 0 Å². The number of ether oxygens (including phenoxy) is 1. The molecule has 2 atom stereocenters. The van der Waals surface area contributed by atoms with E-state index in [9.17, 15) is 4.79 Å². The molecule has 1 amide bonds. The number of nitrogens with zero attached hydrogens (tertiary/aromatic N) is 1. The molecule has 1 rings (SSSR count). The fourth-order valence-electron chi connectivity index (χ4n) is 2.14. The third-order valence-corrected chi connectivity index (χ3v) is 3.39. The van der Waals surface area contributed by atoms with Crippen molar-refractivity contribution >= 4 is 5.91 Å². The fourth-order valence-corrected chi connectivity index (χ4v) is 2.14. The Morgan fingerprint density at radius 3 is 2.75 bits per heavy atom. The van der Waals surface area contributed by atoms with E-state index in [4.69, 9.17) is 10.5 Å². The van der Waals surface area contributed by atoms with Crippen molar-refractivity contribution in [3.05, 3.63) is 0 Å². The third-order valence-electron chi connectivity index (χ3n) is 3.39. The Morgan fingerprint density at radius 2 is 2.25 bits per heavy atom. The second kappa shape index (κ2) is 5.15. The molecule has 16 heavy (non-hydrogen) atoms. The van der Waals surface area contributed by atoms with E-state index < -0.39 is 0 Å². The highest BCUT2D eigenvalue weighted by atomic mass is 16.5. The Hall–Kier alpha value is -0.610. The monoisotopic (exact) mass is 228 g/mol. The van der Waals surface area contributed by atoms with Crippen LogP contribution in [0.25, 0.3) is 0 Å². The minimum absolute atomic E-state index is 0.000154. The first kappa shape index (κ1) is 13.5. The molecule has 2 unspecified atom stereocenters. The van der Waals surface area contributed by atoms with Gasteiger partial charge in [-0.1, -0.05) is 13.8 Å². The van der Waals surface area contributed by atoms with Gasteiger partial charge in [0, 0.05) is 25.7 Å². The molecule has 4 nitrogen and oxygen atoms in total. The van der Waals surface area contributed by atoms with Crippen molar-refractivity contribution in [2.45, 2.75) is 46.3 Å². The Morgan fingerprint density at radius 1 is 1.62 bits per heavy atom. The first-order valence-corrected chi connectivity index (χ1v) is 6.04. The number of rotatable bonds is 3. The van der Waals surface area contributed by atoms with Crippen molar-refractivity contribution in [3.63, 3.8) is 0 Å². The minimum atomic E-state index is -0.338. The zero-order chi connectivity index (χ0) is 12.3. The van der Waals surface area contributed by atoms with Gasteiger partial charge in [-0.15, -0.1) is 0 Å². The third kappa shape index (κ3) is 2.95. The van der Waals surface area contributed by atoms with E-state index in [1.54, 1.807) is 0 Å². The lowest BCUT2D eigenvalue weighted by Gasteiger charge is -2.43. The van der Waals surface area contributed by atoms with Gasteiger partial charge >= 0.3 is 0 Å². The summed E-state index contributed by atoms with van der Waals surface area (Å²) in [5.74, 6) is 0.0850. The van der Waals surface area contributed by atoms with Gasteiger partial charge in [-0.05, 0) is 25.7 Å². The van der Waals surface area contributed by atoms with Gasteiger partial charge in [-0.2, -0.15) is 0 Å². The molecule has 0 bridgehead atoms. The van der Waals surface area contributed by atoms with Gasteiger partial charge in [0.05, 0.1) is 0 Å². The maximum absolute atomic E-state index is 12.0. The molecule has 4 heteroatoms. The summed E-state index contributed by atoms with van der Waals surface area (Å²) >= 11 is 0. The zero-order valence-electron chi connectivity index (χ0n) is 10.8. The van der Waals surface area contributed by atoms with Crippen molar-refractivity contribution in [3.8, 4) is 0 Å². The predicted molar refractivity (Wildman–Crippen MR) is 64.0 cm³/mol. The van der Waals surface area contributed by atoms with Gasteiger partial charge in [0.2, 0.25) is 0 Å². The minimum Gasteiger partial charge on any atom is -0.369 e. The van der Waals surface area contributed by atoms with Crippen molar-refractivity contribution in [1.82, 2.24) is 4.90 Å². The van der Waals surface area contributed by atoms with Crippen LogP contribution in [0.5, 0.6) is 0 Å². The van der Waals surface area contributed by atoms with E-state index in [0.717, 1.165) is 19.5 Å². The maximum Gasteiger partial charge on any atom is 0.251 e. The number of amides is 1. The van der Waals surface area contributed by atoms with Gasteiger partial charge in [-0.25, -0.2) is 0 Å². The smallest absolute Gasteiger partial charge is 0.251 e. The van der Waals surface area contributed by atoms with Gasteiger partial charge in [0.1, 0.15) is 6.10 Å². The Kier molecular flexibility index (Phi) is 4.33. The topological polar surface area (TPSA) is 55.6 Å².